The van der Waals surface area contributed by atoms with Crippen molar-refractivity contribution in [3.63, 3.8) is 0 Å². The summed E-state index contributed by atoms with van der Waals surface area (Å²) in [4.78, 5) is 10.7. The second-order valence-corrected chi connectivity index (χ2v) is 3.53. The van der Waals surface area contributed by atoms with Gasteiger partial charge in [0.05, 0.1) is 6.10 Å². The van der Waals surface area contributed by atoms with Crippen molar-refractivity contribution in [3.05, 3.63) is 29.6 Å². The lowest BCUT2D eigenvalue weighted by atomic mass is 10.1. The van der Waals surface area contributed by atoms with E-state index in [1.807, 2.05) is 0 Å². The van der Waals surface area contributed by atoms with Crippen LogP contribution in [-0.4, -0.2) is 17.1 Å². The van der Waals surface area contributed by atoms with Crippen molar-refractivity contribution in [2.24, 2.45) is 5.73 Å². The second-order valence-electron chi connectivity index (χ2n) is 3.53. The highest BCUT2D eigenvalue weighted by Gasteiger charge is 2.14. The van der Waals surface area contributed by atoms with E-state index in [4.69, 9.17) is 10.5 Å². The number of ether oxygens (including phenoxy) is 1. The van der Waals surface area contributed by atoms with Crippen molar-refractivity contribution in [2.75, 3.05) is 0 Å². The first-order valence-corrected chi connectivity index (χ1v) is 4.85. The van der Waals surface area contributed by atoms with Gasteiger partial charge in [0.1, 0.15) is 0 Å². The van der Waals surface area contributed by atoms with Gasteiger partial charge >= 0.3 is 0 Å². The molecule has 5 heteroatoms. The summed E-state index contributed by atoms with van der Waals surface area (Å²) in [5.41, 5.74) is 5.43. The fraction of sp³-hybridized carbons (Fsp3) is 0.364. The molecule has 88 valence electrons. The highest BCUT2D eigenvalue weighted by molar-refractivity contribution is 5.78. The van der Waals surface area contributed by atoms with Crippen molar-refractivity contribution in [2.45, 2.75) is 26.1 Å². The van der Waals surface area contributed by atoms with E-state index in [0.717, 1.165) is 6.07 Å². The number of carbonyl (C=O) groups is 1. The molecule has 1 aromatic rings. The third-order valence-corrected chi connectivity index (χ3v) is 2.14. The number of rotatable bonds is 4. The van der Waals surface area contributed by atoms with Crippen LogP contribution in [-0.2, 0) is 4.79 Å². The molecule has 1 unspecified atom stereocenters. The third kappa shape index (κ3) is 2.93. The molecule has 0 spiro atoms. The largest absolute Gasteiger partial charge is 0.478 e. The quantitative estimate of drug-likeness (QED) is 0.809. The van der Waals surface area contributed by atoms with Crippen molar-refractivity contribution in [1.29, 1.82) is 0 Å². The average molecular weight is 227 g/mol. The maximum Gasteiger partial charge on any atom is 0.258 e. The van der Waals surface area contributed by atoms with Gasteiger partial charge in [-0.25, -0.2) is 4.39 Å². The summed E-state index contributed by atoms with van der Waals surface area (Å²) in [6.45, 7) is 2.96. The van der Waals surface area contributed by atoms with Crippen LogP contribution < -0.4 is 10.5 Å². The minimum absolute atomic E-state index is 0.0595. The van der Waals surface area contributed by atoms with Gasteiger partial charge in [-0.05, 0) is 31.5 Å². The minimum Gasteiger partial charge on any atom is -0.478 e. The zero-order valence-electron chi connectivity index (χ0n) is 9.11. The molecule has 2 atom stereocenters. The Morgan fingerprint density at radius 1 is 1.50 bits per heavy atom. The van der Waals surface area contributed by atoms with Gasteiger partial charge in [0.15, 0.2) is 17.7 Å². The summed E-state index contributed by atoms with van der Waals surface area (Å²) >= 11 is 0. The Kier molecular flexibility index (Phi) is 3.84. The Hall–Kier alpha value is -1.62. The molecular weight excluding hydrogens is 213 g/mol. The molecule has 1 rings (SSSR count). The van der Waals surface area contributed by atoms with Crippen LogP contribution in [0.2, 0.25) is 0 Å². The maximum atomic E-state index is 13.4. The summed E-state index contributed by atoms with van der Waals surface area (Å²) in [5, 5.41) is 9.23. The van der Waals surface area contributed by atoms with E-state index in [-0.39, 0.29) is 5.75 Å². The monoisotopic (exact) mass is 227 g/mol. The van der Waals surface area contributed by atoms with Gasteiger partial charge in [-0.15, -0.1) is 0 Å². The lowest BCUT2D eigenvalue weighted by Gasteiger charge is -2.13. The molecular formula is C11H14FNO3. The van der Waals surface area contributed by atoms with Crippen LogP contribution in [0, 0.1) is 5.82 Å². The van der Waals surface area contributed by atoms with Crippen LogP contribution in [0.1, 0.15) is 25.5 Å². The number of primary amides is 1. The Labute approximate surface area is 92.8 Å². The topological polar surface area (TPSA) is 72.6 Å². The molecule has 0 fully saturated rings. The fourth-order valence-electron chi connectivity index (χ4n) is 1.12. The van der Waals surface area contributed by atoms with E-state index in [2.05, 4.69) is 0 Å². The normalized spacial score (nSPS) is 14.2. The van der Waals surface area contributed by atoms with Crippen molar-refractivity contribution < 1.29 is 19.0 Å². The van der Waals surface area contributed by atoms with E-state index >= 15 is 0 Å². The number of hydrogen-bond donors (Lipinski definition) is 2. The number of benzene rings is 1. The Balaban J connectivity index is 2.87. The minimum atomic E-state index is -0.896. The van der Waals surface area contributed by atoms with Gasteiger partial charge in [-0.2, -0.15) is 0 Å². The Morgan fingerprint density at radius 3 is 2.56 bits per heavy atom. The van der Waals surface area contributed by atoms with Crippen LogP contribution in [0.15, 0.2) is 18.2 Å². The molecule has 1 aromatic carbocycles. The number of nitrogens with two attached hydrogens (primary N) is 1. The van der Waals surface area contributed by atoms with Crippen molar-refractivity contribution in [3.8, 4) is 5.75 Å². The number of hydrogen-bond acceptors (Lipinski definition) is 3. The molecule has 0 aliphatic carbocycles. The molecule has 0 saturated heterocycles. The molecule has 0 aromatic heterocycles. The van der Waals surface area contributed by atoms with Gasteiger partial charge in [-0.3, -0.25) is 4.79 Å². The zero-order chi connectivity index (χ0) is 12.3. The first-order chi connectivity index (χ1) is 7.41. The van der Waals surface area contributed by atoms with Gasteiger partial charge in [-0.1, -0.05) is 6.07 Å². The average Bonchev–Trinajstić information content (AvgIpc) is 2.20. The van der Waals surface area contributed by atoms with Crippen LogP contribution in [0.3, 0.4) is 0 Å². The summed E-state index contributed by atoms with van der Waals surface area (Å²) in [7, 11) is 0. The zero-order valence-corrected chi connectivity index (χ0v) is 9.11. The van der Waals surface area contributed by atoms with Gasteiger partial charge < -0.3 is 15.6 Å². The van der Waals surface area contributed by atoms with Crippen molar-refractivity contribution >= 4 is 5.91 Å². The second kappa shape index (κ2) is 4.94. The lowest BCUT2D eigenvalue weighted by molar-refractivity contribution is -0.124. The fourth-order valence-corrected chi connectivity index (χ4v) is 1.12. The highest BCUT2D eigenvalue weighted by atomic mass is 19.1. The standard InChI is InChI=1S/C11H14FNO3/c1-6(14)8-3-4-10(9(12)5-8)16-7(2)11(13)15/h3-7,14H,1-2H3,(H2,13,15)/t6-,7?/m1/s1. The van der Waals surface area contributed by atoms with E-state index in [1.54, 1.807) is 0 Å². The molecule has 0 heterocycles. The predicted octanol–water partition coefficient (Wildman–Crippen LogP) is 1.13. The molecule has 4 nitrogen and oxygen atoms in total. The molecule has 16 heavy (non-hydrogen) atoms. The van der Waals surface area contributed by atoms with Crippen molar-refractivity contribution in [1.82, 2.24) is 0 Å². The van der Waals surface area contributed by atoms with E-state index < -0.39 is 23.9 Å². The molecule has 0 bridgehead atoms. The van der Waals surface area contributed by atoms with Gasteiger partial charge in [0.25, 0.3) is 5.91 Å². The smallest absolute Gasteiger partial charge is 0.258 e. The maximum absolute atomic E-state index is 13.4. The summed E-state index contributed by atoms with van der Waals surface area (Å²) in [5.74, 6) is -1.36. The van der Waals surface area contributed by atoms with Crippen LogP contribution >= 0.6 is 0 Å². The van der Waals surface area contributed by atoms with E-state index in [9.17, 15) is 14.3 Å². The lowest BCUT2D eigenvalue weighted by Crippen LogP contribution is -2.30. The predicted molar refractivity (Wildman–Crippen MR) is 56.3 cm³/mol. The molecule has 0 saturated carbocycles. The molecule has 0 radical (unpaired) electrons. The van der Waals surface area contributed by atoms with E-state index in [0.29, 0.717) is 5.56 Å². The summed E-state index contributed by atoms with van der Waals surface area (Å²) in [6.07, 6.45) is -1.65. The number of halogens is 1. The molecule has 3 N–H and O–H groups in total. The third-order valence-electron chi connectivity index (χ3n) is 2.14. The van der Waals surface area contributed by atoms with Crippen LogP contribution in [0.5, 0.6) is 5.75 Å². The Bertz CT molecular complexity index is 393. The summed E-state index contributed by atoms with van der Waals surface area (Å²) in [6, 6.07) is 4.04. The van der Waals surface area contributed by atoms with E-state index in [1.165, 1.54) is 26.0 Å². The SMILES string of the molecule is CC(Oc1ccc([C@@H](C)O)cc1F)C(N)=O. The number of carbonyl (C=O) groups excluding carboxylic acids is 1. The number of aliphatic hydroxyl groups excluding tert-OH is 1. The molecule has 1 amide bonds. The van der Waals surface area contributed by atoms with Gasteiger partial charge in [0, 0.05) is 0 Å². The van der Waals surface area contributed by atoms with Crippen LogP contribution in [0.25, 0.3) is 0 Å². The molecule has 0 aliphatic rings. The first-order valence-electron chi connectivity index (χ1n) is 4.85. The van der Waals surface area contributed by atoms with Crippen LogP contribution in [0.4, 0.5) is 4.39 Å². The molecule has 0 aliphatic heterocycles. The first kappa shape index (κ1) is 12.4. The number of aliphatic hydroxyl groups is 1. The number of amides is 1. The van der Waals surface area contributed by atoms with Gasteiger partial charge in [0.2, 0.25) is 0 Å². The highest BCUT2D eigenvalue weighted by Crippen LogP contribution is 2.22. The Morgan fingerprint density at radius 2 is 2.12 bits per heavy atom. The summed E-state index contributed by atoms with van der Waals surface area (Å²) < 4.78 is 18.5.